The Kier molecular flexibility index (Phi) is 5.48. The summed E-state index contributed by atoms with van der Waals surface area (Å²) in [4.78, 5) is 32.1. The van der Waals surface area contributed by atoms with Gasteiger partial charge in [0, 0.05) is 23.7 Å². The summed E-state index contributed by atoms with van der Waals surface area (Å²) >= 11 is 1.38. The van der Waals surface area contributed by atoms with Gasteiger partial charge in [-0.1, -0.05) is 30.0 Å². The van der Waals surface area contributed by atoms with E-state index in [4.69, 9.17) is 0 Å². The average molecular weight is 366 g/mol. The highest BCUT2D eigenvalue weighted by molar-refractivity contribution is 8.00. The quantitative estimate of drug-likeness (QED) is 0.532. The third-order valence-corrected chi connectivity index (χ3v) is 4.50. The van der Waals surface area contributed by atoms with Gasteiger partial charge in [-0.15, -0.1) is 0 Å². The maximum atomic E-state index is 12.2. The second-order valence-electron chi connectivity index (χ2n) is 5.69. The summed E-state index contributed by atoms with van der Waals surface area (Å²) in [7, 11) is 0. The number of aryl methyl sites for hydroxylation is 1. The van der Waals surface area contributed by atoms with Crippen molar-refractivity contribution in [2.75, 3.05) is 16.4 Å². The molecule has 1 heterocycles. The number of carbonyl (C=O) groups excluding carboxylic acids is 2. The molecule has 0 aliphatic heterocycles. The van der Waals surface area contributed by atoms with Crippen LogP contribution in [0.4, 0.5) is 11.4 Å². The number of hydrogen-bond acceptors (Lipinski definition) is 5. The van der Waals surface area contributed by atoms with E-state index in [0.29, 0.717) is 17.2 Å². The monoisotopic (exact) mass is 366 g/mol. The molecule has 132 valence electrons. The SMILES string of the molecule is CC(=O)Nc1ccc(NC(=O)CSc2nc(C)nc3ccccc23)cc1. The van der Waals surface area contributed by atoms with E-state index in [-0.39, 0.29) is 17.6 Å². The normalized spacial score (nSPS) is 10.5. The maximum absolute atomic E-state index is 12.2. The number of rotatable bonds is 5. The number of para-hydroxylation sites is 1. The zero-order valence-electron chi connectivity index (χ0n) is 14.4. The maximum Gasteiger partial charge on any atom is 0.234 e. The van der Waals surface area contributed by atoms with Gasteiger partial charge >= 0.3 is 0 Å². The van der Waals surface area contributed by atoms with Crippen molar-refractivity contribution in [2.24, 2.45) is 0 Å². The van der Waals surface area contributed by atoms with Gasteiger partial charge in [-0.25, -0.2) is 9.97 Å². The Bertz CT molecular complexity index is 957. The second kappa shape index (κ2) is 7.97. The van der Waals surface area contributed by atoms with E-state index < -0.39 is 0 Å². The molecule has 0 spiro atoms. The topological polar surface area (TPSA) is 84.0 Å². The number of fused-ring (bicyclic) bond motifs is 1. The standard InChI is InChI=1S/C19H18N4O2S/c1-12-20-17-6-4-3-5-16(17)19(21-12)26-11-18(25)23-15-9-7-14(8-10-15)22-13(2)24/h3-10H,11H2,1-2H3,(H,22,24)(H,23,25). The number of aromatic nitrogens is 2. The molecule has 2 aromatic carbocycles. The van der Waals surface area contributed by atoms with E-state index in [1.807, 2.05) is 31.2 Å². The van der Waals surface area contributed by atoms with Crippen LogP contribution in [0, 0.1) is 6.92 Å². The lowest BCUT2D eigenvalue weighted by molar-refractivity contribution is -0.114. The van der Waals surface area contributed by atoms with Gasteiger partial charge in [0.1, 0.15) is 10.9 Å². The molecule has 3 rings (SSSR count). The molecule has 0 fully saturated rings. The molecule has 2 N–H and O–H groups in total. The van der Waals surface area contributed by atoms with Gasteiger partial charge < -0.3 is 10.6 Å². The predicted molar refractivity (Wildman–Crippen MR) is 104 cm³/mol. The number of nitrogens with zero attached hydrogens (tertiary/aromatic N) is 2. The molecule has 1 aromatic heterocycles. The minimum Gasteiger partial charge on any atom is -0.326 e. The van der Waals surface area contributed by atoms with Crippen molar-refractivity contribution < 1.29 is 9.59 Å². The number of anilines is 2. The first kappa shape index (κ1) is 17.9. The van der Waals surface area contributed by atoms with Crippen molar-refractivity contribution in [3.63, 3.8) is 0 Å². The number of amides is 2. The van der Waals surface area contributed by atoms with Gasteiger partial charge in [0.25, 0.3) is 0 Å². The molecule has 0 saturated heterocycles. The van der Waals surface area contributed by atoms with E-state index in [2.05, 4.69) is 20.6 Å². The predicted octanol–water partition coefficient (Wildman–Crippen LogP) is 3.63. The van der Waals surface area contributed by atoms with Crippen molar-refractivity contribution in [3.8, 4) is 0 Å². The van der Waals surface area contributed by atoms with Gasteiger partial charge in [-0.3, -0.25) is 9.59 Å². The van der Waals surface area contributed by atoms with E-state index in [1.165, 1.54) is 18.7 Å². The van der Waals surface area contributed by atoms with Crippen LogP contribution < -0.4 is 10.6 Å². The van der Waals surface area contributed by atoms with Gasteiger partial charge in [0.2, 0.25) is 11.8 Å². The van der Waals surface area contributed by atoms with Crippen molar-refractivity contribution >= 4 is 45.9 Å². The van der Waals surface area contributed by atoms with E-state index in [0.717, 1.165) is 15.9 Å². The Morgan fingerprint density at radius 2 is 1.62 bits per heavy atom. The number of benzene rings is 2. The Balaban J connectivity index is 1.63. The molecule has 3 aromatic rings. The van der Waals surface area contributed by atoms with E-state index >= 15 is 0 Å². The Morgan fingerprint density at radius 1 is 0.962 bits per heavy atom. The van der Waals surface area contributed by atoms with Crippen LogP contribution in [-0.4, -0.2) is 27.5 Å². The van der Waals surface area contributed by atoms with E-state index in [1.54, 1.807) is 24.3 Å². The van der Waals surface area contributed by atoms with Crippen LogP contribution in [0.2, 0.25) is 0 Å². The van der Waals surface area contributed by atoms with Crippen LogP contribution in [0.1, 0.15) is 12.7 Å². The fourth-order valence-electron chi connectivity index (χ4n) is 2.44. The summed E-state index contributed by atoms with van der Waals surface area (Å²) in [5, 5.41) is 7.26. The molecule has 0 aliphatic rings. The minimum absolute atomic E-state index is 0.123. The first-order chi connectivity index (χ1) is 12.5. The van der Waals surface area contributed by atoms with Crippen LogP contribution in [-0.2, 0) is 9.59 Å². The van der Waals surface area contributed by atoms with Crippen LogP contribution in [0.3, 0.4) is 0 Å². The average Bonchev–Trinajstić information content (AvgIpc) is 2.61. The van der Waals surface area contributed by atoms with Crippen LogP contribution >= 0.6 is 11.8 Å². The molecular weight excluding hydrogens is 348 g/mol. The molecular formula is C19H18N4O2S. The molecule has 0 aliphatic carbocycles. The lowest BCUT2D eigenvalue weighted by Crippen LogP contribution is -2.14. The van der Waals surface area contributed by atoms with Crippen LogP contribution in [0.25, 0.3) is 10.9 Å². The first-order valence-electron chi connectivity index (χ1n) is 8.05. The van der Waals surface area contributed by atoms with Gasteiger partial charge in [-0.2, -0.15) is 0 Å². The molecule has 0 unspecified atom stereocenters. The number of carbonyl (C=O) groups is 2. The molecule has 7 heteroatoms. The molecule has 6 nitrogen and oxygen atoms in total. The molecule has 0 bridgehead atoms. The summed E-state index contributed by atoms with van der Waals surface area (Å²) < 4.78 is 0. The fraction of sp³-hybridized carbons (Fsp3) is 0.158. The summed E-state index contributed by atoms with van der Waals surface area (Å²) in [5.74, 6) is 0.668. The van der Waals surface area contributed by atoms with Gasteiger partial charge in [0.05, 0.1) is 11.3 Å². The third kappa shape index (κ3) is 4.58. The molecule has 0 radical (unpaired) electrons. The summed E-state index contributed by atoms with van der Waals surface area (Å²) in [6.07, 6.45) is 0. The largest absolute Gasteiger partial charge is 0.326 e. The third-order valence-electron chi connectivity index (χ3n) is 3.51. The van der Waals surface area contributed by atoms with Crippen molar-refractivity contribution in [1.29, 1.82) is 0 Å². The minimum atomic E-state index is -0.134. The highest BCUT2D eigenvalue weighted by atomic mass is 32.2. The van der Waals surface area contributed by atoms with Crippen LogP contribution in [0.5, 0.6) is 0 Å². The lowest BCUT2D eigenvalue weighted by atomic mass is 10.2. The zero-order valence-corrected chi connectivity index (χ0v) is 15.3. The summed E-state index contributed by atoms with van der Waals surface area (Å²) in [5.41, 5.74) is 2.23. The van der Waals surface area contributed by atoms with Crippen LogP contribution in [0.15, 0.2) is 53.6 Å². The molecule has 2 amide bonds. The van der Waals surface area contributed by atoms with Gasteiger partial charge in [0.15, 0.2) is 0 Å². The Labute approximate surface area is 155 Å². The number of hydrogen-bond donors (Lipinski definition) is 2. The number of thioether (sulfide) groups is 1. The first-order valence-corrected chi connectivity index (χ1v) is 9.03. The Hall–Kier alpha value is -2.93. The van der Waals surface area contributed by atoms with Crippen molar-refractivity contribution in [1.82, 2.24) is 9.97 Å². The highest BCUT2D eigenvalue weighted by Gasteiger charge is 2.09. The summed E-state index contributed by atoms with van der Waals surface area (Å²) in [6, 6.07) is 14.7. The second-order valence-corrected chi connectivity index (χ2v) is 6.65. The molecule has 26 heavy (non-hydrogen) atoms. The van der Waals surface area contributed by atoms with Gasteiger partial charge in [-0.05, 0) is 37.3 Å². The smallest absolute Gasteiger partial charge is 0.234 e. The van der Waals surface area contributed by atoms with Crippen molar-refractivity contribution in [3.05, 3.63) is 54.4 Å². The Morgan fingerprint density at radius 3 is 2.31 bits per heavy atom. The molecule has 0 saturated carbocycles. The number of nitrogens with one attached hydrogen (secondary N) is 2. The molecule has 0 atom stereocenters. The van der Waals surface area contributed by atoms with Crippen molar-refractivity contribution in [2.45, 2.75) is 18.9 Å². The highest BCUT2D eigenvalue weighted by Crippen LogP contribution is 2.25. The lowest BCUT2D eigenvalue weighted by Gasteiger charge is -2.08. The fourth-order valence-corrected chi connectivity index (χ4v) is 3.30. The van der Waals surface area contributed by atoms with E-state index in [9.17, 15) is 9.59 Å². The summed E-state index contributed by atoms with van der Waals surface area (Å²) in [6.45, 7) is 3.29. The zero-order chi connectivity index (χ0) is 18.5.